The highest BCUT2D eigenvalue weighted by Gasteiger charge is 2.47. The molecule has 2 saturated heterocycles. The molecule has 0 aromatic carbocycles. The number of nitrogens with zero attached hydrogens (tertiary/aromatic N) is 4. The summed E-state index contributed by atoms with van der Waals surface area (Å²) in [5.74, 6) is 1.76. The number of methoxy groups -OCH3 is 1. The first-order chi connectivity index (χ1) is 10.2. The van der Waals surface area contributed by atoms with Gasteiger partial charge in [0.15, 0.2) is 0 Å². The highest BCUT2D eigenvalue weighted by molar-refractivity contribution is 5.80. The van der Waals surface area contributed by atoms with Crippen molar-refractivity contribution in [2.75, 3.05) is 31.6 Å². The van der Waals surface area contributed by atoms with E-state index < -0.39 is 0 Å². The number of rotatable bonds is 3. The van der Waals surface area contributed by atoms with Gasteiger partial charge in [-0.25, -0.2) is 9.97 Å². The molecule has 6 heteroatoms. The van der Waals surface area contributed by atoms with Gasteiger partial charge in [-0.1, -0.05) is 0 Å². The van der Waals surface area contributed by atoms with Crippen LogP contribution in [0.5, 0.6) is 5.88 Å². The van der Waals surface area contributed by atoms with Gasteiger partial charge >= 0.3 is 0 Å². The highest BCUT2D eigenvalue weighted by Crippen LogP contribution is 2.38. The Morgan fingerprint density at radius 1 is 1.38 bits per heavy atom. The summed E-state index contributed by atoms with van der Waals surface area (Å²) in [7, 11) is 1.61. The fourth-order valence-electron chi connectivity index (χ4n) is 3.73. The van der Waals surface area contributed by atoms with Crippen molar-refractivity contribution in [3.63, 3.8) is 0 Å². The molecule has 114 valence electrons. The molecule has 1 atom stereocenters. The van der Waals surface area contributed by atoms with Crippen molar-refractivity contribution in [2.45, 2.75) is 38.1 Å². The lowest BCUT2D eigenvalue weighted by Gasteiger charge is -2.46. The van der Waals surface area contributed by atoms with Crippen LogP contribution in [-0.2, 0) is 4.79 Å². The van der Waals surface area contributed by atoms with Gasteiger partial charge in [0.1, 0.15) is 12.1 Å². The van der Waals surface area contributed by atoms with Crippen LogP contribution in [0.15, 0.2) is 12.4 Å². The lowest BCUT2D eigenvalue weighted by Crippen LogP contribution is -2.56. The maximum absolute atomic E-state index is 12.1. The fourth-order valence-corrected chi connectivity index (χ4v) is 3.73. The third kappa shape index (κ3) is 2.43. The molecule has 1 aromatic heterocycles. The Kier molecular flexibility index (Phi) is 3.69. The van der Waals surface area contributed by atoms with E-state index in [0.717, 1.165) is 44.7 Å². The number of hydrogen-bond donors (Lipinski definition) is 0. The van der Waals surface area contributed by atoms with Crippen molar-refractivity contribution in [3.8, 4) is 5.88 Å². The molecular weight excluding hydrogens is 268 g/mol. The molecule has 21 heavy (non-hydrogen) atoms. The number of aromatic nitrogens is 2. The van der Waals surface area contributed by atoms with Crippen LogP contribution in [0.25, 0.3) is 0 Å². The molecule has 6 nitrogen and oxygen atoms in total. The van der Waals surface area contributed by atoms with Gasteiger partial charge in [0, 0.05) is 32.1 Å². The van der Waals surface area contributed by atoms with Gasteiger partial charge in [0.25, 0.3) is 0 Å². The van der Waals surface area contributed by atoms with Gasteiger partial charge in [-0.2, -0.15) is 0 Å². The van der Waals surface area contributed by atoms with Crippen molar-refractivity contribution in [1.82, 2.24) is 14.9 Å². The first kappa shape index (κ1) is 14.1. The van der Waals surface area contributed by atoms with E-state index in [0.29, 0.717) is 18.2 Å². The minimum absolute atomic E-state index is 0.0116. The van der Waals surface area contributed by atoms with E-state index in [1.165, 1.54) is 6.33 Å². The summed E-state index contributed by atoms with van der Waals surface area (Å²) in [5, 5.41) is 0. The second kappa shape index (κ2) is 5.50. The van der Waals surface area contributed by atoms with E-state index in [2.05, 4.69) is 26.7 Å². The molecule has 0 unspecified atom stereocenters. The largest absolute Gasteiger partial charge is 0.481 e. The first-order valence-electron chi connectivity index (χ1n) is 7.60. The third-order valence-electron chi connectivity index (χ3n) is 4.71. The molecule has 0 N–H and O–H groups in total. The van der Waals surface area contributed by atoms with E-state index in [-0.39, 0.29) is 5.54 Å². The minimum atomic E-state index is -0.0116. The van der Waals surface area contributed by atoms with E-state index >= 15 is 0 Å². The summed E-state index contributed by atoms with van der Waals surface area (Å²) in [6.07, 6.45) is 5.33. The van der Waals surface area contributed by atoms with Crippen molar-refractivity contribution < 1.29 is 9.53 Å². The third-order valence-corrected chi connectivity index (χ3v) is 4.71. The minimum Gasteiger partial charge on any atom is -0.481 e. The molecule has 2 aliphatic rings. The summed E-state index contributed by atoms with van der Waals surface area (Å²) in [4.78, 5) is 24.8. The Balaban J connectivity index is 1.84. The van der Waals surface area contributed by atoms with Gasteiger partial charge < -0.3 is 14.5 Å². The second-order valence-corrected chi connectivity index (χ2v) is 5.81. The van der Waals surface area contributed by atoms with E-state index in [4.69, 9.17) is 4.74 Å². The molecule has 3 heterocycles. The predicted octanol–water partition coefficient (Wildman–Crippen LogP) is 1.47. The molecule has 1 spiro atoms. The monoisotopic (exact) mass is 290 g/mol. The molecule has 0 saturated carbocycles. The molecule has 1 aromatic rings. The number of likely N-dealkylation sites (tertiary alicyclic amines) is 1. The molecule has 2 aliphatic heterocycles. The SMILES string of the molecule is CCN1C(=O)CC[C@@]12CCCN(c1cc(OC)ncn1)C2. The number of amides is 1. The van der Waals surface area contributed by atoms with Crippen molar-refractivity contribution in [2.24, 2.45) is 0 Å². The maximum Gasteiger partial charge on any atom is 0.223 e. The number of carbonyl (C=O) groups is 1. The van der Waals surface area contributed by atoms with Crippen LogP contribution < -0.4 is 9.64 Å². The van der Waals surface area contributed by atoms with Crippen LogP contribution in [0.4, 0.5) is 5.82 Å². The lowest BCUT2D eigenvalue weighted by molar-refractivity contribution is -0.131. The zero-order valence-electron chi connectivity index (χ0n) is 12.7. The van der Waals surface area contributed by atoms with Gasteiger partial charge in [0.2, 0.25) is 11.8 Å². The Bertz CT molecular complexity index is 536. The topological polar surface area (TPSA) is 58.6 Å². The predicted molar refractivity (Wildman–Crippen MR) is 79.4 cm³/mol. The van der Waals surface area contributed by atoms with Crippen LogP contribution in [0.1, 0.15) is 32.6 Å². The summed E-state index contributed by atoms with van der Waals surface area (Å²) in [6, 6.07) is 1.87. The number of ether oxygens (including phenoxy) is 1. The smallest absolute Gasteiger partial charge is 0.223 e. The number of likely N-dealkylation sites (N-methyl/N-ethyl adjacent to an activating group) is 1. The second-order valence-electron chi connectivity index (χ2n) is 5.81. The number of hydrogen-bond acceptors (Lipinski definition) is 5. The standard InChI is InChI=1S/C15H22N4O2/c1-3-19-14(20)5-7-15(19)6-4-8-18(10-15)12-9-13(21-2)17-11-16-12/h9,11H,3-8,10H2,1-2H3/t15-/m1/s1. The first-order valence-corrected chi connectivity index (χ1v) is 7.60. The summed E-state index contributed by atoms with van der Waals surface area (Å²) in [5.41, 5.74) is -0.0116. The summed E-state index contributed by atoms with van der Waals surface area (Å²) in [6.45, 7) is 4.68. The summed E-state index contributed by atoms with van der Waals surface area (Å²) >= 11 is 0. The van der Waals surface area contributed by atoms with Crippen LogP contribution in [0, 0.1) is 0 Å². The maximum atomic E-state index is 12.1. The molecule has 0 radical (unpaired) electrons. The zero-order chi connectivity index (χ0) is 14.9. The molecular formula is C15H22N4O2. The highest BCUT2D eigenvalue weighted by atomic mass is 16.5. The van der Waals surface area contributed by atoms with Gasteiger partial charge in [0.05, 0.1) is 12.6 Å². The summed E-state index contributed by atoms with van der Waals surface area (Å²) < 4.78 is 5.18. The van der Waals surface area contributed by atoms with Crippen LogP contribution in [0.2, 0.25) is 0 Å². The molecule has 1 amide bonds. The van der Waals surface area contributed by atoms with Crippen LogP contribution in [-0.4, -0.2) is 53.1 Å². The fraction of sp³-hybridized carbons (Fsp3) is 0.667. The molecule has 3 rings (SSSR count). The quantitative estimate of drug-likeness (QED) is 0.843. The Labute approximate surface area is 125 Å². The Morgan fingerprint density at radius 3 is 3.00 bits per heavy atom. The molecule has 0 aliphatic carbocycles. The van der Waals surface area contributed by atoms with E-state index in [1.54, 1.807) is 7.11 Å². The number of piperidine rings is 1. The van der Waals surface area contributed by atoms with Crippen molar-refractivity contribution >= 4 is 11.7 Å². The number of anilines is 1. The Hall–Kier alpha value is -1.85. The lowest BCUT2D eigenvalue weighted by atomic mass is 9.86. The van der Waals surface area contributed by atoms with Crippen LogP contribution >= 0.6 is 0 Å². The molecule has 2 fully saturated rings. The van der Waals surface area contributed by atoms with Gasteiger partial charge in [-0.3, -0.25) is 4.79 Å². The van der Waals surface area contributed by atoms with Crippen LogP contribution in [0.3, 0.4) is 0 Å². The average molecular weight is 290 g/mol. The Morgan fingerprint density at radius 2 is 2.24 bits per heavy atom. The van der Waals surface area contributed by atoms with Crippen molar-refractivity contribution in [3.05, 3.63) is 12.4 Å². The zero-order valence-corrected chi connectivity index (χ0v) is 12.7. The van der Waals surface area contributed by atoms with Gasteiger partial charge in [-0.15, -0.1) is 0 Å². The van der Waals surface area contributed by atoms with E-state index in [9.17, 15) is 4.79 Å². The average Bonchev–Trinajstić information content (AvgIpc) is 2.83. The number of carbonyl (C=O) groups excluding carboxylic acids is 1. The molecule has 0 bridgehead atoms. The van der Waals surface area contributed by atoms with E-state index in [1.807, 2.05) is 6.07 Å². The van der Waals surface area contributed by atoms with Crippen molar-refractivity contribution in [1.29, 1.82) is 0 Å². The van der Waals surface area contributed by atoms with Gasteiger partial charge in [-0.05, 0) is 26.2 Å². The normalized spacial score (nSPS) is 25.7.